The van der Waals surface area contributed by atoms with Crippen LogP contribution in [0.15, 0.2) is 10.9 Å². The summed E-state index contributed by atoms with van der Waals surface area (Å²) in [5, 5.41) is 9.27. The second kappa shape index (κ2) is 3.84. The van der Waals surface area contributed by atoms with Crippen LogP contribution in [0.3, 0.4) is 0 Å². The summed E-state index contributed by atoms with van der Waals surface area (Å²) in [6, 6.07) is 1.70. The number of fused-ring (bicyclic) bond motifs is 1. The highest BCUT2D eigenvalue weighted by molar-refractivity contribution is 5.73. The average molecular weight is 207 g/mol. The molecule has 0 bridgehead atoms. The Hall–Kier alpha value is -1.65. The molecule has 5 heteroatoms. The van der Waals surface area contributed by atoms with E-state index < -0.39 is 0 Å². The smallest absolute Gasteiger partial charge is 0.264 e. The van der Waals surface area contributed by atoms with Crippen LogP contribution < -0.4 is 10.9 Å². The first-order chi connectivity index (χ1) is 7.15. The van der Waals surface area contributed by atoms with E-state index in [1.165, 1.54) is 6.92 Å². The van der Waals surface area contributed by atoms with Gasteiger partial charge in [-0.05, 0) is 24.8 Å². The first-order valence-electron chi connectivity index (χ1n) is 5.00. The highest BCUT2D eigenvalue weighted by Crippen LogP contribution is 2.17. The standard InChI is InChI=1S/C10H13N3O2/c1-6(14)11-8-2-3-9-7(4-8)5-10(15)13-12-9/h5,8H,2-4H2,1H3,(H,11,14)(H,13,15). The first-order valence-corrected chi connectivity index (χ1v) is 5.00. The number of carbonyl (C=O) groups is 1. The number of rotatable bonds is 1. The Kier molecular flexibility index (Phi) is 2.53. The van der Waals surface area contributed by atoms with Gasteiger partial charge in [0.05, 0.1) is 5.69 Å². The molecule has 1 amide bonds. The Balaban J connectivity index is 2.18. The van der Waals surface area contributed by atoms with E-state index >= 15 is 0 Å². The summed E-state index contributed by atoms with van der Waals surface area (Å²) in [5.74, 6) is -0.0266. The Morgan fingerprint density at radius 3 is 3.20 bits per heavy atom. The zero-order chi connectivity index (χ0) is 10.8. The van der Waals surface area contributed by atoms with Gasteiger partial charge in [0.2, 0.25) is 5.91 Å². The number of nitrogens with zero attached hydrogens (tertiary/aromatic N) is 1. The number of hydrogen-bond donors (Lipinski definition) is 2. The number of amides is 1. The van der Waals surface area contributed by atoms with Crippen molar-refractivity contribution in [3.8, 4) is 0 Å². The van der Waals surface area contributed by atoms with Crippen molar-refractivity contribution in [1.29, 1.82) is 0 Å². The molecule has 0 saturated carbocycles. The number of H-pyrrole nitrogens is 1. The van der Waals surface area contributed by atoms with Gasteiger partial charge in [0.25, 0.3) is 5.56 Å². The van der Waals surface area contributed by atoms with E-state index in [-0.39, 0.29) is 17.5 Å². The van der Waals surface area contributed by atoms with E-state index in [0.717, 1.165) is 24.1 Å². The van der Waals surface area contributed by atoms with Crippen LogP contribution in [0.5, 0.6) is 0 Å². The van der Waals surface area contributed by atoms with E-state index in [1.54, 1.807) is 6.07 Å². The fraction of sp³-hybridized carbons (Fsp3) is 0.500. The second-order valence-corrected chi connectivity index (χ2v) is 3.84. The Morgan fingerprint density at radius 1 is 1.67 bits per heavy atom. The Bertz CT molecular complexity index is 439. The molecule has 0 aliphatic heterocycles. The maximum Gasteiger partial charge on any atom is 0.264 e. The third kappa shape index (κ3) is 2.23. The number of nitrogens with one attached hydrogen (secondary N) is 2. The van der Waals surface area contributed by atoms with Crippen LogP contribution in [0.25, 0.3) is 0 Å². The molecule has 5 nitrogen and oxygen atoms in total. The molecule has 1 aliphatic carbocycles. The second-order valence-electron chi connectivity index (χ2n) is 3.84. The summed E-state index contributed by atoms with van der Waals surface area (Å²) in [4.78, 5) is 22.0. The van der Waals surface area contributed by atoms with Crippen LogP contribution in [0.2, 0.25) is 0 Å². The molecular weight excluding hydrogens is 194 g/mol. The van der Waals surface area contributed by atoms with Gasteiger partial charge in [-0.15, -0.1) is 0 Å². The molecule has 1 aliphatic rings. The molecule has 1 heterocycles. The van der Waals surface area contributed by atoms with Crippen LogP contribution in [-0.2, 0) is 17.6 Å². The number of aryl methyl sites for hydroxylation is 1. The predicted molar refractivity (Wildman–Crippen MR) is 54.5 cm³/mol. The van der Waals surface area contributed by atoms with Crippen molar-refractivity contribution in [2.45, 2.75) is 32.2 Å². The van der Waals surface area contributed by atoms with Crippen LogP contribution >= 0.6 is 0 Å². The molecule has 0 saturated heterocycles. The molecule has 0 fully saturated rings. The number of aromatic amines is 1. The number of hydrogen-bond acceptors (Lipinski definition) is 3. The minimum Gasteiger partial charge on any atom is -0.353 e. The van der Waals surface area contributed by atoms with E-state index in [9.17, 15) is 9.59 Å². The zero-order valence-corrected chi connectivity index (χ0v) is 8.54. The van der Waals surface area contributed by atoms with Crippen molar-refractivity contribution in [1.82, 2.24) is 15.5 Å². The number of carbonyl (C=O) groups excluding carboxylic acids is 1. The lowest BCUT2D eigenvalue weighted by Gasteiger charge is -2.23. The molecule has 15 heavy (non-hydrogen) atoms. The molecule has 1 unspecified atom stereocenters. The quantitative estimate of drug-likeness (QED) is 0.667. The normalized spacial score (nSPS) is 19.4. The van der Waals surface area contributed by atoms with Gasteiger partial charge >= 0.3 is 0 Å². The Labute approximate surface area is 86.9 Å². The van der Waals surface area contributed by atoms with Crippen molar-refractivity contribution in [2.75, 3.05) is 0 Å². The highest BCUT2D eigenvalue weighted by atomic mass is 16.1. The van der Waals surface area contributed by atoms with Gasteiger partial charge in [-0.1, -0.05) is 0 Å². The molecule has 80 valence electrons. The van der Waals surface area contributed by atoms with Crippen molar-refractivity contribution in [3.05, 3.63) is 27.7 Å². The molecular formula is C10H13N3O2. The summed E-state index contributed by atoms with van der Waals surface area (Å²) in [5.41, 5.74) is 1.71. The summed E-state index contributed by atoms with van der Waals surface area (Å²) in [6.45, 7) is 1.51. The van der Waals surface area contributed by atoms with Gasteiger partial charge in [0.1, 0.15) is 0 Å². The molecule has 0 aromatic carbocycles. The molecule has 1 aromatic heterocycles. The Morgan fingerprint density at radius 2 is 2.47 bits per heavy atom. The summed E-state index contributed by atoms with van der Waals surface area (Å²) in [6.07, 6.45) is 2.38. The molecule has 1 atom stereocenters. The summed E-state index contributed by atoms with van der Waals surface area (Å²) < 4.78 is 0. The van der Waals surface area contributed by atoms with Crippen LogP contribution in [0.1, 0.15) is 24.6 Å². The fourth-order valence-corrected chi connectivity index (χ4v) is 1.95. The number of aromatic nitrogens is 2. The predicted octanol–water partition coefficient (Wildman–Crippen LogP) is -0.237. The molecule has 1 aromatic rings. The molecule has 2 N–H and O–H groups in total. The van der Waals surface area contributed by atoms with E-state index in [4.69, 9.17) is 0 Å². The first kappa shape index (κ1) is 9.89. The minimum atomic E-state index is -0.183. The third-order valence-corrected chi connectivity index (χ3v) is 2.58. The highest BCUT2D eigenvalue weighted by Gasteiger charge is 2.20. The maximum atomic E-state index is 11.1. The van der Waals surface area contributed by atoms with Crippen LogP contribution in [-0.4, -0.2) is 22.1 Å². The summed E-state index contributed by atoms with van der Waals surface area (Å²) >= 11 is 0. The average Bonchev–Trinajstić information content (AvgIpc) is 2.16. The lowest BCUT2D eigenvalue weighted by Crippen LogP contribution is -2.38. The monoisotopic (exact) mass is 207 g/mol. The molecule has 0 radical (unpaired) electrons. The van der Waals surface area contributed by atoms with E-state index in [1.807, 2.05) is 0 Å². The zero-order valence-electron chi connectivity index (χ0n) is 8.54. The summed E-state index contributed by atoms with van der Waals surface area (Å²) in [7, 11) is 0. The van der Waals surface area contributed by atoms with Crippen molar-refractivity contribution in [3.63, 3.8) is 0 Å². The minimum absolute atomic E-state index is 0.0266. The van der Waals surface area contributed by atoms with Crippen molar-refractivity contribution < 1.29 is 4.79 Å². The van der Waals surface area contributed by atoms with Gasteiger partial charge in [0, 0.05) is 19.0 Å². The van der Waals surface area contributed by atoms with Crippen LogP contribution in [0, 0.1) is 0 Å². The largest absolute Gasteiger partial charge is 0.353 e. The van der Waals surface area contributed by atoms with Crippen LogP contribution in [0.4, 0.5) is 0 Å². The van der Waals surface area contributed by atoms with Gasteiger partial charge in [0.15, 0.2) is 0 Å². The van der Waals surface area contributed by atoms with Gasteiger partial charge in [-0.25, -0.2) is 5.10 Å². The SMILES string of the molecule is CC(=O)NC1CCc2n[nH]c(=O)cc2C1. The topological polar surface area (TPSA) is 74.8 Å². The van der Waals surface area contributed by atoms with Crippen molar-refractivity contribution in [2.24, 2.45) is 0 Å². The fourth-order valence-electron chi connectivity index (χ4n) is 1.95. The van der Waals surface area contributed by atoms with Gasteiger partial charge in [-0.3, -0.25) is 9.59 Å². The third-order valence-electron chi connectivity index (χ3n) is 2.58. The maximum absolute atomic E-state index is 11.1. The molecule has 2 rings (SSSR count). The van der Waals surface area contributed by atoms with Gasteiger partial charge < -0.3 is 5.32 Å². The lowest BCUT2D eigenvalue weighted by atomic mass is 9.92. The lowest BCUT2D eigenvalue weighted by molar-refractivity contribution is -0.119. The van der Waals surface area contributed by atoms with E-state index in [0.29, 0.717) is 6.42 Å². The molecule has 0 spiro atoms. The van der Waals surface area contributed by atoms with Crippen molar-refractivity contribution >= 4 is 5.91 Å². The van der Waals surface area contributed by atoms with E-state index in [2.05, 4.69) is 15.5 Å². The van der Waals surface area contributed by atoms with Gasteiger partial charge in [-0.2, -0.15) is 5.10 Å².